The number of carbonyl (C=O) groups is 1. The van der Waals surface area contributed by atoms with E-state index in [1.54, 1.807) is 18.2 Å². The number of likely N-dealkylation sites (tertiary alicyclic amines) is 1. The molecule has 132 valence electrons. The molecule has 2 aliphatic rings. The second-order valence-corrected chi connectivity index (χ2v) is 7.27. The van der Waals surface area contributed by atoms with Crippen molar-refractivity contribution in [3.63, 3.8) is 0 Å². The molecule has 1 amide bonds. The lowest BCUT2D eigenvalue weighted by Crippen LogP contribution is -2.50. The molecule has 0 aromatic heterocycles. The van der Waals surface area contributed by atoms with Crippen LogP contribution in [0.5, 0.6) is 5.75 Å². The van der Waals surface area contributed by atoms with Gasteiger partial charge in [0.2, 0.25) is 5.91 Å². The van der Waals surface area contributed by atoms with Crippen LogP contribution in [0.2, 0.25) is 10.0 Å². The smallest absolute Gasteiger partial charge is 0.230 e. The van der Waals surface area contributed by atoms with E-state index in [0.717, 1.165) is 6.42 Å². The second kappa shape index (κ2) is 7.48. The number of halogens is 2. The molecule has 2 saturated heterocycles. The molecule has 0 spiro atoms. The molecular weight excluding hydrogens is 351 g/mol. The molecule has 0 bridgehead atoms. The summed E-state index contributed by atoms with van der Waals surface area (Å²) in [6.07, 6.45) is 2.14. The zero-order valence-corrected chi connectivity index (χ0v) is 15.0. The third-order valence-electron chi connectivity index (χ3n) is 4.92. The summed E-state index contributed by atoms with van der Waals surface area (Å²) in [6, 6.07) is 5.20. The summed E-state index contributed by atoms with van der Waals surface area (Å²) in [7, 11) is 0. The van der Waals surface area contributed by atoms with E-state index in [0.29, 0.717) is 61.5 Å². The quantitative estimate of drug-likeness (QED) is 0.882. The van der Waals surface area contributed by atoms with Gasteiger partial charge in [-0.1, -0.05) is 23.2 Å². The highest BCUT2D eigenvalue weighted by molar-refractivity contribution is 6.42. The van der Waals surface area contributed by atoms with Crippen molar-refractivity contribution in [2.24, 2.45) is 11.1 Å². The van der Waals surface area contributed by atoms with E-state index in [4.69, 9.17) is 38.4 Å². The van der Waals surface area contributed by atoms with Crippen molar-refractivity contribution in [1.82, 2.24) is 4.90 Å². The molecule has 2 heterocycles. The maximum Gasteiger partial charge on any atom is 0.230 e. The van der Waals surface area contributed by atoms with E-state index in [1.807, 2.05) is 4.90 Å². The van der Waals surface area contributed by atoms with Gasteiger partial charge in [0.05, 0.1) is 22.0 Å². The number of hydrogen-bond donors (Lipinski definition) is 1. The van der Waals surface area contributed by atoms with Crippen LogP contribution in [0.1, 0.15) is 19.3 Å². The fourth-order valence-corrected chi connectivity index (χ4v) is 3.64. The topological polar surface area (TPSA) is 64.8 Å². The third kappa shape index (κ3) is 3.64. The predicted octanol–water partition coefficient (Wildman–Crippen LogP) is 2.73. The normalized spacial score (nSPS) is 23.3. The van der Waals surface area contributed by atoms with Gasteiger partial charge in [-0.25, -0.2) is 0 Å². The first-order valence-corrected chi connectivity index (χ1v) is 8.98. The summed E-state index contributed by atoms with van der Waals surface area (Å²) in [5.74, 6) is 0.803. The fourth-order valence-electron chi connectivity index (χ4n) is 3.35. The zero-order valence-electron chi connectivity index (χ0n) is 13.5. The summed E-state index contributed by atoms with van der Waals surface area (Å²) >= 11 is 11.9. The highest BCUT2D eigenvalue weighted by Crippen LogP contribution is 2.34. The lowest BCUT2D eigenvalue weighted by atomic mass is 9.79. The number of benzene rings is 1. The van der Waals surface area contributed by atoms with Gasteiger partial charge in [-0.15, -0.1) is 0 Å². The van der Waals surface area contributed by atoms with Crippen molar-refractivity contribution in [1.29, 1.82) is 0 Å². The van der Waals surface area contributed by atoms with Gasteiger partial charge in [-0.05, 0) is 25.0 Å². The van der Waals surface area contributed by atoms with Gasteiger partial charge in [-0.2, -0.15) is 0 Å². The number of nitrogens with zero attached hydrogens (tertiary/aromatic N) is 1. The zero-order chi connectivity index (χ0) is 17.2. The first-order valence-electron chi connectivity index (χ1n) is 8.23. The van der Waals surface area contributed by atoms with Crippen LogP contribution < -0.4 is 10.5 Å². The van der Waals surface area contributed by atoms with Gasteiger partial charge in [0.1, 0.15) is 11.9 Å². The lowest BCUT2D eigenvalue weighted by molar-refractivity contribution is -0.146. The molecule has 1 unspecified atom stereocenters. The van der Waals surface area contributed by atoms with Gasteiger partial charge in [-0.3, -0.25) is 4.79 Å². The maximum atomic E-state index is 12.9. The lowest BCUT2D eigenvalue weighted by Gasteiger charge is -2.37. The Morgan fingerprint density at radius 3 is 2.75 bits per heavy atom. The Labute approximate surface area is 152 Å². The van der Waals surface area contributed by atoms with E-state index in [2.05, 4.69) is 0 Å². The number of ether oxygens (including phenoxy) is 2. The van der Waals surface area contributed by atoms with Crippen molar-refractivity contribution < 1.29 is 14.3 Å². The molecule has 0 aliphatic carbocycles. The Balaban J connectivity index is 1.62. The van der Waals surface area contributed by atoms with Crippen LogP contribution in [0.25, 0.3) is 0 Å². The Bertz CT molecular complexity index is 605. The summed E-state index contributed by atoms with van der Waals surface area (Å²) in [4.78, 5) is 14.8. The molecule has 1 aromatic carbocycles. The molecular formula is C17H22Cl2N2O3. The van der Waals surface area contributed by atoms with E-state index in [9.17, 15) is 4.79 Å². The maximum absolute atomic E-state index is 12.9. The van der Waals surface area contributed by atoms with Crippen molar-refractivity contribution in [2.75, 3.05) is 32.8 Å². The summed E-state index contributed by atoms with van der Waals surface area (Å²) < 4.78 is 11.3. The minimum absolute atomic E-state index is 0.0409. The average Bonchev–Trinajstić information content (AvgIpc) is 3.06. The van der Waals surface area contributed by atoms with E-state index in [-0.39, 0.29) is 12.0 Å². The fraction of sp³-hybridized carbons (Fsp3) is 0.588. The number of carbonyl (C=O) groups excluding carboxylic acids is 1. The van der Waals surface area contributed by atoms with Crippen molar-refractivity contribution in [2.45, 2.75) is 25.4 Å². The molecule has 2 fully saturated rings. The van der Waals surface area contributed by atoms with E-state index >= 15 is 0 Å². The van der Waals surface area contributed by atoms with Crippen LogP contribution in [-0.2, 0) is 9.53 Å². The van der Waals surface area contributed by atoms with Crippen LogP contribution in [0.15, 0.2) is 18.2 Å². The van der Waals surface area contributed by atoms with E-state index < -0.39 is 5.41 Å². The molecule has 1 aromatic rings. The number of amides is 1. The molecule has 24 heavy (non-hydrogen) atoms. The molecule has 5 nitrogen and oxygen atoms in total. The molecule has 0 saturated carbocycles. The summed E-state index contributed by atoms with van der Waals surface area (Å²) in [5, 5.41) is 0.959. The van der Waals surface area contributed by atoms with Crippen LogP contribution in [0.3, 0.4) is 0 Å². The highest BCUT2D eigenvalue weighted by Gasteiger charge is 2.43. The average molecular weight is 373 g/mol. The largest absolute Gasteiger partial charge is 0.488 e. The van der Waals surface area contributed by atoms with Gasteiger partial charge in [0.15, 0.2) is 0 Å². The minimum atomic E-state index is -0.475. The van der Waals surface area contributed by atoms with Crippen LogP contribution in [0.4, 0.5) is 0 Å². The first kappa shape index (κ1) is 17.8. The predicted molar refractivity (Wildman–Crippen MR) is 93.6 cm³/mol. The molecule has 7 heteroatoms. The van der Waals surface area contributed by atoms with Crippen LogP contribution in [-0.4, -0.2) is 49.8 Å². The number of hydrogen-bond acceptors (Lipinski definition) is 4. The molecule has 2 N–H and O–H groups in total. The van der Waals surface area contributed by atoms with Gasteiger partial charge in [0, 0.05) is 38.8 Å². The van der Waals surface area contributed by atoms with Crippen molar-refractivity contribution >= 4 is 29.1 Å². The van der Waals surface area contributed by atoms with E-state index in [1.165, 1.54) is 0 Å². The second-order valence-electron chi connectivity index (χ2n) is 6.45. The Morgan fingerprint density at radius 1 is 1.33 bits per heavy atom. The minimum Gasteiger partial charge on any atom is -0.488 e. The number of nitrogens with two attached hydrogens (primary N) is 1. The Morgan fingerprint density at radius 2 is 2.08 bits per heavy atom. The standard InChI is InChI=1S/C17H22Cl2N2O3/c18-14-2-1-12(9-15(14)19)24-13-3-6-21(10-13)16(22)17(11-20)4-7-23-8-5-17/h1-2,9,13H,3-8,10-11,20H2. The Hall–Kier alpha value is -1.01. The van der Waals surface area contributed by atoms with Crippen molar-refractivity contribution in [3.8, 4) is 5.75 Å². The molecule has 3 rings (SSSR count). The SMILES string of the molecule is NCC1(C(=O)N2CCC(Oc3ccc(Cl)c(Cl)c3)C2)CCOCC1. The molecule has 2 aliphatic heterocycles. The first-order chi connectivity index (χ1) is 11.5. The van der Waals surface area contributed by atoms with Gasteiger partial charge < -0.3 is 20.1 Å². The van der Waals surface area contributed by atoms with Gasteiger partial charge >= 0.3 is 0 Å². The number of rotatable bonds is 4. The monoisotopic (exact) mass is 372 g/mol. The van der Waals surface area contributed by atoms with Crippen LogP contribution >= 0.6 is 23.2 Å². The summed E-state index contributed by atoms with van der Waals surface area (Å²) in [5.41, 5.74) is 5.46. The van der Waals surface area contributed by atoms with Crippen LogP contribution in [0, 0.1) is 5.41 Å². The summed E-state index contributed by atoms with van der Waals surface area (Å²) in [6.45, 7) is 2.82. The molecule has 1 atom stereocenters. The molecule has 0 radical (unpaired) electrons. The third-order valence-corrected chi connectivity index (χ3v) is 5.66. The van der Waals surface area contributed by atoms with Gasteiger partial charge in [0.25, 0.3) is 0 Å². The Kier molecular flexibility index (Phi) is 5.55. The highest BCUT2D eigenvalue weighted by atomic mass is 35.5. The van der Waals surface area contributed by atoms with Crippen molar-refractivity contribution in [3.05, 3.63) is 28.2 Å².